The van der Waals surface area contributed by atoms with Crippen molar-refractivity contribution in [3.8, 4) is 0 Å². The first-order chi connectivity index (χ1) is 15.0. The van der Waals surface area contributed by atoms with Crippen molar-refractivity contribution in [1.82, 2.24) is 4.90 Å². The normalized spacial score (nSPS) is 17.9. The van der Waals surface area contributed by atoms with E-state index in [0.29, 0.717) is 0 Å². The van der Waals surface area contributed by atoms with Gasteiger partial charge in [-0.1, -0.05) is 23.9 Å². The molecule has 0 saturated carbocycles. The van der Waals surface area contributed by atoms with Crippen LogP contribution in [0.3, 0.4) is 0 Å². The number of hydrogen-bond acceptors (Lipinski definition) is 5. The van der Waals surface area contributed by atoms with Crippen molar-refractivity contribution in [2.75, 3.05) is 19.3 Å². The summed E-state index contributed by atoms with van der Waals surface area (Å²) in [6.45, 7) is 4.80. The molecule has 4 nitrogen and oxygen atoms in total. The van der Waals surface area contributed by atoms with Crippen molar-refractivity contribution >= 4 is 34.5 Å². The van der Waals surface area contributed by atoms with E-state index in [1.54, 1.807) is 20.8 Å². The zero-order valence-electron chi connectivity index (χ0n) is 18.5. The summed E-state index contributed by atoms with van der Waals surface area (Å²) in [5.74, 6) is 0. The summed E-state index contributed by atoms with van der Waals surface area (Å²) in [7, 11) is 0. The van der Waals surface area contributed by atoms with E-state index in [9.17, 15) is 31.1 Å². The number of carbonyl (C=O) groups is 1. The molecule has 1 amide bonds. The molecular formula is C21H25F6NO3S2. The van der Waals surface area contributed by atoms with Crippen LogP contribution in [0.4, 0.5) is 31.1 Å². The molecule has 0 bridgehead atoms. The summed E-state index contributed by atoms with van der Waals surface area (Å²) in [5, 5.41) is 0. The number of rotatable bonds is 3. The Morgan fingerprint density at radius 1 is 1.06 bits per heavy atom. The number of likely N-dealkylation sites (tertiary alicyclic amines) is 1. The summed E-state index contributed by atoms with van der Waals surface area (Å²) in [6.07, 6.45) is -11.5. The molecule has 0 radical (unpaired) electrons. The van der Waals surface area contributed by atoms with E-state index >= 15 is 0 Å². The fourth-order valence-electron chi connectivity index (χ4n) is 3.75. The zero-order valence-corrected chi connectivity index (χ0v) is 20.1. The fourth-order valence-corrected chi connectivity index (χ4v) is 4.03. The quantitative estimate of drug-likeness (QED) is 0.335. The topological polar surface area (TPSA) is 38.8 Å². The minimum Gasteiger partial charge on any atom is -0.465 e. The van der Waals surface area contributed by atoms with Crippen molar-refractivity contribution in [3.63, 3.8) is 0 Å². The van der Waals surface area contributed by atoms with Gasteiger partial charge in [0.25, 0.3) is 0 Å². The monoisotopic (exact) mass is 517 g/mol. The highest BCUT2D eigenvalue weighted by Gasteiger charge is 2.58. The lowest BCUT2D eigenvalue weighted by Crippen LogP contribution is -2.57. The summed E-state index contributed by atoms with van der Waals surface area (Å²) in [4.78, 5) is 13.7. The van der Waals surface area contributed by atoms with Crippen LogP contribution in [0.25, 0.3) is 0 Å². The molecule has 1 fully saturated rings. The van der Waals surface area contributed by atoms with E-state index in [-0.39, 0.29) is 35.9 Å². The largest absolute Gasteiger partial charge is 0.465 e. The maximum Gasteiger partial charge on any atom is 0.426 e. The number of nitrogens with zero attached hydrogens (tertiary/aromatic N) is 1. The molecule has 1 atom stereocenters. The van der Waals surface area contributed by atoms with Gasteiger partial charge in [0, 0.05) is 18.5 Å². The summed E-state index contributed by atoms with van der Waals surface area (Å²) in [6, 6.07) is 3.57. The molecule has 1 heterocycles. The Bertz CT molecular complexity index is 842. The van der Waals surface area contributed by atoms with E-state index in [0.717, 1.165) is 36.0 Å². The second kappa shape index (κ2) is 9.89. The first-order valence-electron chi connectivity index (χ1n) is 9.96. The van der Waals surface area contributed by atoms with Gasteiger partial charge in [-0.05, 0) is 69.8 Å². The van der Waals surface area contributed by atoms with Gasteiger partial charge in [-0.25, -0.2) is 4.79 Å². The Morgan fingerprint density at radius 3 is 1.97 bits per heavy atom. The van der Waals surface area contributed by atoms with E-state index in [4.69, 9.17) is 21.7 Å². The molecule has 1 aromatic carbocycles. The lowest BCUT2D eigenvalue weighted by molar-refractivity contribution is -0.222. The molecule has 1 aromatic rings. The molecular weight excluding hydrogens is 492 g/mol. The number of carbonyl (C=O) groups excluding carboxylic acids is 1. The van der Waals surface area contributed by atoms with Gasteiger partial charge in [0.2, 0.25) is 10.5 Å². The second-order valence-corrected chi connectivity index (χ2v) is 10.1. The van der Waals surface area contributed by atoms with E-state index < -0.39 is 41.1 Å². The SMILES string of the molecule is CSC(=S)OC(C(F)(F)F)C1(c2ccc(C(F)(F)F)cc2)CCN(C(=O)OC(C)(C)C)CC1. The third-order valence-electron chi connectivity index (χ3n) is 5.27. The summed E-state index contributed by atoms with van der Waals surface area (Å²) < 4.78 is 91.8. The van der Waals surface area contributed by atoms with Crippen LogP contribution in [0.2, 0.25) is 0 Å². The number of alkyl halides is 6. The molecule has 1 unspecified atom stereocenters. The van der Waals surface area contributed by atoms with Crippen LogP contribution in [0.15, 0.2) is 24.3 Å². The van der Waals surface area contributed by atoms with Crippen LogP contribution in [0, 0.1) is 0 Å². The first-order valence-corrected chi connectivity index (χ1v) is 11.6. The third kappa shape index (κ3) is 6.91. The average molecular weight is 518 g/mol. The van der Waals surface area contributed by atoms with Crippen LogP contribution in [0.1, 0.15) is 44.7 Å². The number of halogens is 6. The van der Waals surface area contributed by atoms with Gasteiger partial charge in [-0.2, -0.15) is 26.3 Å². The van der Waals surface area contributed by atoms with Crippen LogP contribution in [-0.2, 0) is 21.1 Å². The van der Waals surface area contributed by atoms with Gasteiger partial charge in [0.05, 0.1) is 5.56 Å². The molecule has 186 valence electrons. The Labute approximate surface area is 198 Å². The Balaban J connectivity index is 2.47. The fraction of sp³-hybridized carbons (Fsp3) is 0.619. The second-order valence-electron chi connectivity index (χ2n) is 8.69. The van der Waals surface area contributed by atoms with Crippen LogP contribution >= 0.6 is 24.0 Å². The maximum atomic E-state index is 14.2. The highest BCUT2D eigenvalue weighted by Crippen LogP contribution is 2.47. The smallest absolute Gasteiger partial charge is 0.426 e. The Hall–Kier alpha value is -1.69. The number of amides is 1. The van der Waals surface area contributed by atoms with E-state index in [2.05, 4.69) is 0 Å². The number of thioether (sulfide) groups is 1. The molecule has 0 spiro atoms. The van der Waals surface area contributed by atoms with Gasteiger partial charge in [0.15, 0.2) is 0 Å². The van der Waals surface area contributed by atoms with E-state index in [1.807, 2.05) is 0 Å². The molecule has 0 N–H and O–H groups in total. The van der Waals surface area contributed by atoms with Crippen molar-refractivity contribution in [2.24, 2.45) is 0 Å². The number of piperidine rings is 1. The minimum absolute atomic E-state index is 0.0329. The number of hydrogen-bond donors (Lipinski definition) is 0. The lowest BCUT2D eigenvalue weighted by atomic mass is 9.68. The third-order valence-corrected chi connectivity index (χ3v) is 6.30. The molecule has 1 aliphatic rings. The van der Waals surface area contributed by atoms with Gasteiger partial charge in [-0.15, -0.1) is 0 Å². The van der Waals surface area contributed by atoms with Gasteiger partial charge in [-0.3, -0.25) is 0 Å². The Morgan fingerprint density at radius 2 is 1.58 bits per heavy atom. The van der Waals surface area contributed by atoms with Crippen molar-refractivity contribution in [1.29, 1.82) is 0 Å². The molecule has 0 aliphatic carbocycles. The standard InChI is InChI=1S/C21H25F6NO3S2/c1-18(2,3)31-16(29)28-11-9-19(10-12-28,15(21(25,26)27)30-17(32)33-4)13-5-7-14(8-6-13)20(22,23)24/h5-8,15H,9-12H2,1-4H3. The summed E-state index contributed by atoms with van der Waals surface area (Å²) >= 11 is 5.69. The minimum atomic E-state index is -4.86. The molecule has 2 rings (SSSR count). The van der Waals surface area contributed by atoms with Crippen LogP contribution < -0.4 is 0 Å². The maximum absolute atomic E-state index is 14.2. The molecule has 0 aromatic heterocycles. The predicted molar refractivity (Wildman–Crippen MR) is 117 cm³/mol. The van der Waals surface area contributed by atoms with Crippen LogP contribution in [-0.4, -0.2) is 52.6 Å². The highest BCUT2D eigenvalue weighted by molar-refractivity contribution is 8.22. The van der Waals surface area contributed by atoms with E-state index in [1.165, 1.54) is 11.2 Å². The molecule has 1 aliphatic heterocycles. The molecule has 12 heteroatoms. The number of thiocarbonyl (C=S) groups is 1. The first kappa shape index (κ1) is 27.6. The average Bonchev–Trinajstić information content (AvgIpc) is 2.69. The van der Waals surface area contributed by atoms with Crippen molar-refractivity contribution in [3.05, 3.63) is 35.4 Å². The number of ether oxygens (including phenoxy) is 2. The molecule has 33 heavy (non-hydrogen) atoms. The Kier molecular flexibility index (Phi) is 8.26. The summed E-state index contributed by atoms with van der Waals surface area (Å²) in [5.41, 5.74) is -3.48. The van der Waals surface area contributed by atoms with Gasteiger partial charge >= 0.3 is 18.4 Å². The van der Waals surface area contributed by atoms with Crippen molar-refractivity contribution in [2.45, 2.75) is 63.1 Å². The van der Waals surface area contributed by atoms with Crippen LogP contribution in [0.5, 0.6) is 0 Å². The predicted octanol–water partition coefficient (Wildman–Crippen LogP) is 6.57. The van der Waals surface area contributed by atoms with Gasteiger partial charge < -0.3 is 14.4 Å². The molecule has 1 saturated heterocycles. The zero-order chi connectivity index (χ0) is 25.2. The van der Waals surface area contributed by atoms with Gasteiger partial charge in [0.1, 0.15) is 5.60 Å². The lowest BCUT2D eigenvalue weighted by Gasteiger charge is -2.46. The number of benzene rings is 1. The highest BCUT2D eigenvalue weighted by atomic mass is 32.2. The van der Waals surface area contributed by atoms with Crippen molar-refractivity contribution < 1.29 is 40.6 Å².